The maximum Gasteiger partial charge on any atom is 0.128 e. The summed E-state index contributed by atoms with van der Waals surface area (Å²) in [6.07, 6.45) is 5.46. The van der Waals surface area contributed by atoms with Gasteiger partial charge in [0.25, 0.3) is 0 Å². The Kier molecular flexibility index (Phi) is 4.01. The molecule has 1 aromatic heterocycles. The van der Waals surface area contributed by atoms with Gasteiger partial charge in [-0.05, 0) is 31.0 Å². The van der Waals surface area contributed by atoms with Crippen molar-refractivity contribution < 1.29 is 4.74 Å². The Bertz CT molecular complexity index is 609. The van der Waals surface area contributed by atoms with Crippen molar-refractivity contribution in [3.8, 4) is 5.75 Å². The van der Waals surface area contributed by atoms with Crippen molar-refractivity contribution in [1.29, 1.82) is 0 Å². The van der Waals surface area contributed by atoms with E-state index in [1.54, 1.807) is 7.11 Å². The van der Waals surface area contributed by atoms with Crippen LogP contribution in [0.3, 0.4) is 0 Å². The van der Waals surface area contributed by atoms with Crippen molar-refractivity contribution in [1.82, 2.24) is 4.98 Å². The van der Waals surface area contributed by atoms with Crippen LogP contribution in [0.5, 0.6) is 5.75 Å². The maximum absolute atomic E-state index is 6.10. The molecule has 106 valence electrons. The summed E-state index contributed by atoms with van der Waals surface area (Å²) in [6, 6.07) is 8.11. The lowest BCUT2D eigenvalue weighted by Crippen LogP contribution is -2.00. The zero-order valence-corrected chi connectivity index (χ0v) is 12.6. The van der Waals surface area contributed by atoms with Crippen LogP contribution < -0.4 is 10.5 Å². The lowest BCUT2D eigenvalue weighted by molar-refractivity contribution is 0.415. The second-order valence-electron chi connectivity index (χ2n) is 5.31. The molecule has 2 aromatic rings. The number of pyridine rings is 1. The van der Waals surface area contributed by atoms with Crippen LogP contribution in [-0.2, 0) is 5.75 Å². The van der Waals surface area contributed by atoms with Gasteiger partial charge in [-0.15, -0.1) is 0 Å². The summed E-state index contributed by atoms with van der Waals surface area (Å²) in [5.74, 6) is 2.43. The Morgan fingerprint density at radius 3 is 2.85 bits per heavy atom. The molecule has 0 amide bonds. The number of aromatic nitrogens is 1. The van der Waals surface area contributed by atoms with E-state index in [1.807, 2.05) is 30.0 Å². The van der Waals surface area contributed by atoms with Crippen molar-refractivity contribution in [2.75, 3.05) is 12.8 Å². The minimum atomic E-state index is 0.649. The largest absolute Gasteiger partial charge is 0.497 e. The molecule has 1 heterocycles. The zero-order valence-electron chi connectivity index (χ0n) is 11.8. The van der Waals surface area contributed by atoms with Crippen LogP contribution in [0.4, 0.5) is 5.82 Å². The lowest BCUT2D eigenvalue weighted by atomic mass is 10.1. The van der Waals surface area contributed by atoms with E-state index in [0.717, 1.165) is 33.2 Å². The van der Waals surface area contributed by atoms with Gasteiger partial charge < -0.3 is 10.5 Å². The summed E-state index contributed by atoms with van der Waals surface area (Å²) < 4.78 is 5.22. The van der Waals surface area contributed by atoms with Gasteiger partial charge in [-0.1, -0.05) is 12.8 Å². The van der Waals surface area contributed by atoms with Crippen LogP contribution in [0.25, 0.3) is 10.9 Å². The molecule has 1 fully saturated rings. The number of hydrogen-bond acceptors (Lipinski definition) is 4. The van der Waals surface area contributed by atoms with Crippen molar-refractivity contribution in [3.05, 3.63) is 29.8 Å². The topological polar surface area (TPSA) is 48.1 Å². The molecule has 4 heteroatoms. The van der Waals surface area contributed by atoms with E-state index in [9.17, 15) is 0 Å². The molecule has 0 spiro atoms. The van der Waals surface area contributed by atoms with Crippen LogP contribution in [0.15, 0.2) is 24.3 Å². The first-order valence-corrected chi connectivity index (χ1v) is 8.16. The Morgan fingerprint density at radius 2 is 2.10 bits per heavy atom. The van der Waals surface area contributed by atoms with Crippen LogP contribution in [0, 0.1) is 0 Å². The number of benzene rings is 1. The first-order valence-electron chi connectivity index (χ1n) is 7.11. The maximum atomic E-state index is 6.10. The Morgan fingerprint density at radius 1 is 1.30 bits per heavy atom. The van der Waals surface area contributed by atoms with Gasteiger partial charge in [0, 0.05) is 28.0 Å². The van der Waals surface area contributed by atoms with Gasteiger partial charge in [-0.2, -0.15) is 11.8 Å². The summed E-state index contributed by atoms with van der Waals surface area (Å²) in [7, 11) is 1.66. The zero-order chi connectivity index (χ0) is 13.9. The molecule has 2 N–H and O–H groups in total. The van der Waals surface area contributed by atoms with Gasteiger partial charge in [0.2, 0.25) is 0 Å². The smallest absolute Gasteiger partial charge is 0.128 e. The quantitative estimate of drug-likeness (QED) is 0.923. The predicted molar refractivity (Wildman–Crippen MR) is 86.3 cm³/mol. The van der Waals surface area contributed by atoms with E-state index in [4.69, 9.17) is 10.5 Å². The minimum absolute atomic E-state index is 0.649. The van der Waals surface area contributed by atoms with E-state index < -0.39 is 0 Å². The van der Waals surface area contributed by atoms with E-state index in [2.05, 4.69) is 11.1 Å². The van der Waals surface area contributed by atoms with Gasteiger partial charge in [0.15, 0.2) is 0 Å². The van der Waals surface area contributed by atoms with E-state index in [-0.39, 0.29) is 0 Å². The first kappa shape index (κ1) is 13.6. The number of ether oxygens (including phenoxy) is 1. The molecule has 3 nitrogen and oxygen atoms in total. The summed E-state index contributed by atoms with van der Waals surface area (Å²) in [5, 5.41) is 1.93. The average Bonchev–Trinajstić information content (AvgIpc) is 2.97. The summed E-state index contributed by atoms with van der Waals surface area (Å²) in [6.45, 7) is 0. The third kappa shape index (κ3) is 2.85. The highest BCUT2D eigenvalue weighted by Gasteiger charge is 2.16. The van der Waals surface area contributed by atoms with Crippen molar-refractivity contribution >= 4 is 28.5 Å². The van der Waals surface area contributed by atoms with Gasteiger partial charge in [0.1, 0.15) is 11.6 Å². The molecular formula is C16H20N2OS. The predicted octanol–water partition coefficient (Wildman–Crippen LogP) is 4.00. The van der Waals surface area contributed by atoms with E-state index in [1.165, 1.54) is 25.7 Å². The molecule has 3 rings (SSSR count). The molecule has 0 aliphatic heterocycles. The minimum Gasteiger partial charge on any atom is -0.497 e. The fourth-order valence-corrected chi connectivity index (χ4v) is 4.02. The third-order valence-corrected chi connectivity index (χ3v) is 5.33. The second-order valence-corrected chi connectivity index (χ2v) is 6.60. The van der Waals surface area contributed by atoms with Gasteiger partial charge in [0.05, 0.1) is 12.6 Å². The van der Waals surface area contributed by atoms with E-state index in [0.29, 0.717) is 5.82 Å². The number of thioether (sulfide) groups is 1. The number of fused-ring (bicyclic) bond motifs is 1. The highest BCUT2D eigenvalue weighted by molar-refractivity contribution is 7.99. The number of methoxy groups -OCH3 is 1. The molecule has 0 radical (unpaired) electrons. The number of anilines is 1. The van der Waals surface area contributed by atoms with Gasteiger partial charge >= 0.3 is 0 Å². The van der Waals surface area contributed by atoms with Crippen LogP contribution >= 0.6 is 11.8 Å². The van der Waals surface area contributed by atoms with Crippen molar-refractivity contribution in [3.63, 3.8) is 0 Å². The van der Waals surface area contributed by atoms with Crippen molar-refractivity contribution in [2.45, 2.75) is 36.7 Å². The number of nitrogens with zero attached hydrogens (tertiary/aromatic N) is 1. The summed E-state index contributed by atoms with van der Waals surface area (Å²) in [4.78, 5) is 4.51. The molecule has 0 unspecified atom stereocenters. The Hall–Kier alpha value is -1.42. The van der Waals surface area contributed by atoms with Gasteiger partial charge in [-0.3, -0.25) is 0 Å². The number of hydrogen-bond donors (Lipinski definition) is 1. The normalized spacial score (nSPS) is 15.8. The second kappa shape index (κ2) is 5.92. The number of nitrogen functional groups attached to an aromatic ring is 1. The fourth-order valence-electron chi connectivity index (χ4n) is 2.71. The highest BCUT2D eigenvalue weighted by atomic mass is 32.2. The van der Waals surface area contributed by atoms with Crippen LogP contribution in [-0.4, -0.2) is 17.3 Å². The molecule has 1 aromatic carbocycles. The molecule has 0 atom stereocenters. The van der Waals surface area contributed by atoms with Crippen LogP contribution in [0.2, 0.25) is 0 Å². The lowest BCUT2D eigenvalue weighted by Gasteiger charge is -2.11. The molecule has 1 aliphatic carbocycles. The average molecular weight is 288 g/mol. The summed E-state index contributed by atoms with van der Waals surface area (Å²) >= 11 is 2.02. The third-order valence-electron chi connectivity index (χ3n) is 3.91. The van der Waals surface area contributed by atoms with Crippen LogP contribution in [0.1, 0.15) is 31.2 Å². The number of rotatable bonds is 4. The summed E-state index contributed by atoms with van der Waals surface area (Å²) in [5.41, 5.74) is 8.15. The first-order chi connectivity index (χ1) is 9.76. The van der Waals surface area contributed by atoms with Gasteiger partial charge in [-0.25, -0.2) is 4.98 Å². The molecular weight excluding hydrogens is 268 g/mol. The molecule has 0 bridgehead atoms. The van der Waals surface area contributed by atoms with E-state index >= 15 is 0 Å². The highest BCUT2D eigenvalue weighted by Crippen LogP contribution is 2.33. The fraction of sp³-hybridized carbons (Fsp3) is 0.438. The monoisotopic (exact) mass is 288 g/mol. The number of nitrogens with two attached hydrogens (primary N) is 1. The SMILES string of the molecule is COc1ccc2cc(CSC3CCCC3)c(N)nc2c1. The Labute approximate surface area is 123 Å². The van der Waals surface area contributed by atoms with Crippen molar-refractivity contribution in [2.24, 2.45) is 0 Å². The Balaban J connectivity index is 1.81. The standard InChI is InChI=1S/C16H20N2OS/c1-19-13-7-6-11-8-12(16(17)18-15(11)9-13)10-20-14-4-2-3-5-14/h6-9,14H,2-5,10H2,1H3,(H2,17,18). The molecule has 1 aliphatic rings. The molecule has 20 heavy (non-hydrogen) atoms. The molecule has 0 saturated heterocycles. The molecule has 1 saturated carbocycles.